The molecule has 162 valence electrons. The van der Waals surface area contributed by atoms with E-state index in [0.717, 1.165) is 28.3 Å². The summed E-state index contributed by atoms with van der Waals surface area (Å²) in [7, 11) is 1.63. The fraction of sp³-hybridized carbons (Fsp3) is 0.0769. The molecule has 2 heterocycles. The van der Waals surface area contributed by atoms with Gasteiger partial charge in [-0.15, -0.1) is 0 Å². The highest BCUT2D eigenvalue weighted by molar-refractivity contribution is 5.89. The number of fused-ring (bicyclic) bond motifs is 1. The third-order valence-electron chi connectivity index (χ3n) is 5.35. The first-order chi connectivity index (χ1) is 16.1. The van der Waals surface area contributed by atoms with Crippen molar-refractivity contribution >= 4 is 17.1 Å². The van der Waals surface area contributed by atoms with Gasteiger partial charge < -0.3 is 4.74 Å². The van der Waals surface area contributed by atoms with Gasteiger partial charge in [-0.1, -0.05) is 30.3 Å². The zero-order chi connectivity index (χ0) is 22.8. The lowest BCUT2D eigenvalue weighted by Crippen LogP contribution is -2.20. The van der Waals surface area contributed by atoms with E-state index in [2.05, 4.69) is 10.1 Å². The van der Waals surface area contributed by atoms with Crippen LogP contribution in [0.15, 0.2) is 95.0 Å². The van der Waals surface area contributed by atoms with Crippen molar-refractivity contribution in [3.05, 3.63) is 107 Å². The topological polar surface area (TPSA) is 74.3 Å². The van der Waals surface area contributed by atoms with Crippen LogP contribution in [0.2, 0.25) is 0 Å². The SMILES string of the molecule is COc1ccc(-c2nn(-c3ccccc3)cc2C=Nn2c(C)nc3ccccc3c2=O)cc1. The Hall–Kier alpha value is -4.52. The molecule has 2 aromatic heterocycles. The first kappa shape index (κ1) is 20.4. The van der Waals surface area contributed by atoms with Gasteiger partial charge in [0.2, 0.25) is 0 Å². The summed E-state index contributed by atoms with van der Waals surface area (Å²) < 4.78 is 8.40. The standard InChI is InChI=1S/C26H21N5O2/c1-18-28-24-11-7-6-10-23(24)26(32)31(18)27-16-20-17-30(21-8-4-3-5-9-21)29-25(20)19-12-14-22(33-2)15-13-19/h3-17H,1-2H3. The molecule has 5 aromatic rings. The van der Waals surface area contributed by atoms with Crippen LogP contribution in [0, 0.1) is 6.92 Å². The number of benzene rings is 3. The molecule has 0 bridgehead atoms. The monoisotopic (exact) mass is 435 g/mol. The summed E-state index contributed by atoms with van der Waals surface area (Å²) in [5, 5.41) is 9.81. The molecule has 0 aliphatic carbocycles. The van der Waals surface area contributed by atoms with E-state index in [-0.39, 0.29) is 5.56 Å². The van der Waals surface area contributed by atoms with E-state index in [4.69, 9.17) is 9.84 Å². The van der Waals surface area contributed by atoms with Crippen LogP contribution < -0.4 is 10.3 Å². The van der Waals surface area contributed by atoms with Crippen LogP contribution >= 0.6 is 0 Å². The fourth-order valence-corrected chi connectivity index (χ4v) is 3.66. The molecule has 7 nitrogen and oxygen atoms in total. The van der Waals surface area contributed by atoms with Crippen LogP contribution in [0.4, 0.5) is 0 Å². The Morgan fingerprint density at radius 1 is 0.939 bits per heavy atom. The average molecular weight is 435 g/mol. The average Bonchev–Trinajstić information content (AvgIpc) is 3.29. The Bertz CT molecular complexity index is 1520. The third kappa shape index (κ3) is 3.92. The predicted molar refractivity (Wildman–Crippen MR) is 129 cm³/mol. The molecule has 0 N–H and O–H groups in total. The molecule has 0 aliphatic heterocycles. The first-order valence-electron chi connectivity index (χ1n) is 10.5. The Kier molecular flexibility index (Phi) is 5.28. The van der Waals surface area contributed by atoms with Crippen LogP contribution in [0.1, 0.15) is 11.4 Å². The van der Waals surface area contributed by atoms with E-state index in [1.54, 1.807) is 31.0 Å². The number of hydrogen-bond acceptors (Lipinski definition) is 5. The van der Waals surface area contributed by atoms with Gasteiger partial charge in [-0.2, -0.15) is 14.9 Å². The highest BCUT2D eigenvalue weighted by Crippen LogP contribution is 2.25. The third-order valence-corrected chi connectivity index (χ3v) is 5.35. The van der Waals surface area contributed by atoms with Crippen molar-refractivity contribution in [2.24, 2.45) is 5.10 Å². The normalized spacial score (nSPS) is 11.3. The maximum absolute atomic E-state index is 13.0. The molecule has 0 amide bonds. The second-order valence-electron chi connectivity index (χ2n) is 7.48. The lowest BCUT2D eigenvalue weighted by atomic mass is 10.1. The Morgan fingerprint density at radius 3 is 2.42 bits per heavy atom. The molecule has 0 saturated heterocycles. The lowest BCUT2D eigenvalue weighted by Gasteiger charge is -2.05. The second-order valence-corrected chi connectivity index (χ2v) is 7.48. The summed E-state index contributed by atoms with van der Waals surface area (Å²) in [6.07, 6.45) is 3.55. The van der Waals surface area contributed by atoms with Crippen molar-refractivity contribution in [3.63, 3.8) is 0 Å². The molecule has 0 saturated carbocycles. The summed E-state index contributed by atoms with van der Waals surface area (Å²) in [6, 6.07) is 24.8. The van der Waals surface area contributed by atoms with Gasteiger partial charge in [0, 0.05) is 17.3 Å². The predicted octanol–water partition coefficient (Wildman–Crippen LogP) is 4.45. The lowest BCUT2D eigenvalue weighted by molar-refractivity contribution is 0.415. The molecular weight excluding hydrogens is 414 g/mol. The van der Waals surface area contributed by atoms with Gasteiger partial charge in [0.1, 0.15) is 17.3 Å². The van der Waals surface area contributed by atoms with E-state index in [0.29, 0.717) is 16.7 Å². The van der Waals surface area contributed by atoms with Gasteiger partial charge in [-0.05, 0) is 55.5 Å². The van der Waals surface area contributed by atoms with Crippen LogP contribution in [-0.4, -0.2) is 32.8 Å². The minimum atomic E-state index is -0.212. The van der Waals surface area contributed by atoms with Gasteiger partial charge in [0.25, 0.3) is 5.56 Å². The molecule has 0 aliphatic rings. The Morgan fingerprint density at radius 2 is 1.67 bits per heavy atom. The molecule has 3 aromatic carbocycles. The maximum atomic E-state index is 13.0. The van der Waals surface area contributed by atoms with Crippen LogP contribution in [0.5, 0.6) is 5.75 Å². The zero-order valence-electron chi connectivity index (χ0n) is 18.2. The number of aromatic nitrogens is 4. The van der Waals surface area contributed by atoms with Crippen LogP contribution in [-0.2, 0) is 0 Å². The molecular formula is C26H21N5O2. The van der Waals surface area contributed by atoms with Crippen molar-refractivity contribution in [2.75, 3.05) is 7.11 Å². The van der Waals surface area contributed by atoms with Crippen molar-refractivity contribution in [1.82, 2.24) is 19.4 Å². The van der Waals surface area contributed by atoms with E-state index >= 15 is 0 Å². The van der Waals surface area contributed by atoms with Gasteiger partial charge in [0.05, 0.1) is 29.9 Å². The van der Waals surface area contributed by atoms with Crippen LogP contribution in [0.3, 0.4) is 0 Å². The van der Waals surface area contributed by atoms with Gasteiger partial charge in [-0.25, -0.2) is 9.67 Å². The quantitative estimate of drug-likeness (QED) is 0.382. The molecule has 0 fully saturated rings. The number of hydrogen-bond donors (Lipinski definition) is 0. The van der Waals surface area contributed by atoms with Crippen molar-refractivity contribution in [1.29, 1.82) is 0 Å². The molecule has 7 heteroatoms. The summed E-state index contributed by atoms with van der Waals surface area (Å²) in [5.41, 5.74) is 3.78. The van der Waals surface area contributed by atoms with Crippen LogP contribution in [0.25, 0.3) is 27.8 Å². The molecule has 0 unspecified atom stereocenters. The number of rotatable bonds is 5. The van der Waals surface area contributed by atoms with Crippen molar-refractivity contribution in [3.8, 4) is 22.7 Å². The maximum Gasteiger partial charge on any atom is 0.282 e. The van der Waals surface area contributed by atoms with Crippen molar-refractivity contribution < 1.29 is 4.74 Å². The zero-order valence-corrected chi connectivity index (χ0v) is 18.2. The summed E-state index contributed by atoms with van der Waals surface area (Å²) in [4.78, 5) is 17.5. The smallest absolute Gasteiger partial charge is 0.282 e. The largest absolute Gasteiger partial charge is 0.497 e. The minimum Gasteiger partial charge on any atom is -0.497 e. The Balaban J connectivity index is 1.62. The fourth-order valence-electron chi connectivity index (χ4n) is 3.66. The Labute approximate surface area is 190 Å². The molecule has 0 spiro atoms. The van der Waals surface area contributed by atoms with E-state index < -0.39 is 0 Å². The summed E-state index contributed by atoms with van der Waals surface area (Å²) >= 11 is 0. The minimum absolute atomic E-state index is 0.212. The molecule has 33 heavy (non-hydrogen) atoms. The number of para-hydroxylation sites is 2. The van der Waals surface area contributed by atoms with E-state index in [1.807, 2.05) is 79.0 Å². The first-order valence-corrected chi connectivity index (χ1v) is 10.5. The molecule has 0 radical (unpaired) electrons. The molecule has 5 rings (SSSR count). The highest BCUT2D eigenvalue weighted by atomic mass is 16.5. The summed E-state index contributed by atoms with van der Waals surface area (Å²) in [6.45, 7) is 1.77. The number of nitrogens with zero attached hydrogens (tertiary/aromatic N) is 5. The van der Waals surface area contributed by atoms with Crippen molar-refractivity contribution in [2.45, 2.75) is 6.92 Å². The van der Waals surface area contributed by atoms with Gasteiger partial charge in [0.15, 0.2) is 0 Å². The summed E-state index contributed by atoms with van der Waals surface area (Å²) in [5.74, 6) is 1.28. The number of methoxy groups -OCH3 is 1. The van der Waals surface area contributed by atoms with E-state index in [1.165, 1.54) is 4.68 Å². The molecule has 0 atom stereocenters. The second kappa shape index (κ2) is 8.55. The van der Waals surface area contributed by atoms with Gasteiger partial charge >= 0.3 is 0 Å². The highest BCUT2D eigenvalue weighted by Gasteiger charge is 2.12. The number of ether oxygens (including phenoxy) is 1. The van der Waals surface area contributed by atoms with E-state index in [9.17, 15) is 4.79 Å². The van der Waals surface area contributed by atoms with Gasteiger partial charge in [-0.3, -0.25) is 4.79 Å². The number of aryl methyl sites for hydroxylation is 1.